The number of nitrogens with zero attached hydrogens (tertiary/aromatic N) is 1. The zero-order chi connectivity index (χ0) is 16.5. The van der Waals surface area contributed by atoms with Crippen molar-refractivity contribution in [2.45, 2.75) is 60.4 Å². The van der Waals surface area contributed by atoms with E-state index in [2.05, 4.69) is 41.7 Å². The minimum Gasteiger partial charge on any atom is -0.356 e. The molecule has 0 heterocycles. The summed E-state index contributed by atoms with van der Waals surface area (Å²) in [5.41, 5.74) is -0.463. The van der Waals surface area contributed by atoms with Crippen LogP contribution in [0.5, 0.6) is 0 Å². The molecule has 0 saturated heterocycles. The topological polar surface area (TPSA) is 65.5 Å². The van der Waals surface area contributed by atoms with E-state index in [9.17, 15) is 4.79 Å². The van der Waals surface area contributed by atoms with E-state index in [1.807, 2.05) is 20.8 Å². The summed E-state index contributed by atoms with van der Waals surface area (Å²) in [7, 11) is 1.75. The van der Waals surface area contributed by atoms with Crippen molar-refractivity contribution in [3.8, 4) is 0 Å². The maximum atomic E-state index is 12.0. The Hall–Kier alpha value is -1.26. The normalized spacial score (nSPS) is 14.0. The van der Waals surface area contributed by atoms with Crippen LogP contribution in [0.4, 0.5) is 0 Å². The molecule has 1 unspecified atom stereocenters. The van der Waals surface area contributed by atoms with Crippen LogP contribution >= 0.6 is 0 Å². The van der Waals surface area contributed by atoms with E-state index in [0.29, 0.717) is 25.0 Å². The third-order valence-electron chi connectivity index (χ3n) is 3.43. The summed E-state index contributed by atoms with van der Waals surface area (Å²) < 4.78 is 0. The highest BCUT2D eigenvalue weighted by molar-refractivity contribution is 5.84. The molecule has 0 radical (unpaired) electrons. The maximum absolute atomic E-state index is 12.0. The van der Waals surface area contributed by atoms with E-state index in [1.54, 1.807) is 7.05 Å². The van der Waals surface area contributed by atoms with Crippen LogP contribution in [0.1, 0.15) is 54.4 Å². The number of carbonyl (C=O) groups excluding carboxylic acids is 1. The summed E-state index contributed by atoms with van der Waals surface area (Å²) in [6.07, 6.45) is 2.30. The van der Waals surface area contributed by atoms with Crippen molar-refractivity contribution < 1.29 is 4.79 Å². The molecule has 0 aromatic carbocycles. The van der Waals surface area contributed by atoms with Crippen LogP contribution in [0.25, 0.3) is 0 Å². The number of amides is 1. The Balaban J connectivity index is 4.30. The molecule has 0 aromatic heterocycles. The van der Waals surface area contributed by atoms with Crippen molar-refractivity contribution in [3.05, 3.63) is 0 Å². The van der Waals surface area contributed by atoms with Gasteiger partial charge in [0.25, 0.3) is 0 Å². The summed E-state index contributed by atoms with van der Waals surface area (Å²) in [4.78, 5) is 16.2. The van der Waals surface area contributed by atoms with E-state index in [1.165, 1.54) is 6.42 Å². The minimum absolute atomic E-state index is 0.0563. The van der Waals surface area contributed by atoms with Crippen molar-refractivity contribution >= 4 is 11.9 Å². The Morgan fingerprint density at radius 2 is 1.76 bits per heavy atom. The summed E-state index contributed by atoms with van der Waals surface area (Å²) in [6.45, 7) is 13.6. The van der Waals surface area contributed by atoms with E-state index < -0.39 is 5.41 Å². The first-order chi connectivity index (χ1) is 9.72. The van der Waals surface area contributed by atoms with Crippen LogP contribution in [-0.4, -0.2) is 38.0 Å². The fourth-order valence-electron chi connectivity index (χ4n) is 1.87. The SMILES string of the molecule is CCNC(=O)C(C)(C)CNC(=NC)NC(C)CCC(C)C. The van der Waals surface area contributed by atoms with Gasteiger partial charge in [-0.05, 0) is 46.5 Å². The lowest BCUT2D eigenvalue weighted by Crippen LogP contribution is -2.49. The zero-order valence-corrected chi connectivity index (χ0v) is 14.8. The first-order valence-corrected chi connectivity index (χ1v) is 7.98. The molecule has 0 aliphatic heterocycles. The van der Waals surface area contributed by atoms with Gasteiger partial charge in [-0.3, -0.25) is 9.79 Å². The molecule has 5 nitrogen and oxygen atoms in total. The Bertz CT molecular complexity index is 337. The molecule has 5 heteroatoms. The fourth-order valence-corrected chi connectivity index (χ4v) is 1.87. The first kappa shape index (κ1) is 19.7. The molecule has 3 N–H and O–H groups in total. The van der Waals surface area contributed by atoms with E-state index in [0.717, 1.165) is 12.4 Å². The van der Waals surface area contributed by atoms with E-state index in [-0.39, 0.29) is 5.91 Å². The number of hydrogen-bond acceptors (Lipinski definition) is 2. The predicted molar refractivity (Wildman–Crippen MR) is 90.5 cm³/mol. The van der Waals surface area contributed by atoms with Crippen LogP contribution in [0, 0.1) is 11.3 Å². The van der Waals surface area contributed by atoms with Gasteiger partial charge in [-0.1, -0.05) is 13.8 Å². The van der Waals surface area contributed by atoms with Gasteiger partial charge in [0.1, 0.15) is 0 Å². The third kappa shape index (κ3) is 8.58. The smallest absolute Gasteiger partial charge is 0.227 e. The molecule has 1 amide bonds. The van der Waals surface area contributed by atoms with Crippen molar-refractivity contribution in [1.29, 1.82) is 0 Å². The lowest BCUT2D eigenvalue weighted by Gasteiger charge is -2.26. The van der Waals surface area contributed by atoms with Gasteiger partial charge < -0.3 is 16.0 Å². The molecule has 1 atom stereocenters. The van der Waals surface area contributed by atoms with E-state index in [4.69, 9.17) is 0 Å². The van der Waals surface area contributed by atoms with Gasteiger partial charge in [0.15, 0.2) is 5.96 Å². The van der Waals surface area contributed by atoms with Gasteiger partial charge in [-0.25, -0.2) is 0 Å². The summed E-state index contributed by atoms with van der Waals surface area (Å²) in [5.74, 6) is 1.52. The molecular formula is C16H34N4O. The van der Waals surface area contributed by atoms with Crippen molar-refractivity contribution in [3.63, 3.8) is 0 Å². The maximum Gasteiger partial charge on any atom is 0.227 e. The highest BCUT2D eigenvalue weighted by Gasteiger charge is 2.27. The lowest BCUT2D eigenvalue weighted by atomic mass is 9.92. The Morgan fingerprint density at radius 3 is 2.24 bits per heavy atom. The predicted octanol–water partition coefficient (Wildman–Crippen LogP) is 2.14. The summed E-state index contributed by atoms with van der Waals surface area (Å²) in [6, 6.07) is 0.367. The molecule has 0 aliphatic rings. The monoisotopic (exact) mass is 298 g/mol. The molecule has 0 saturated carbocycles. The third-order valence-corrected chi connectivity index (χ3v) is 3.43. The number of hydrogen-bond donors (Lipinski definition) is 3. The molecule has 21 heavy (non-hydrogen) atoms. The number of guanidine groups is 1. The van der Waals surface area contributed by atoms with Crippen molar-refractivity contribution in [2.24, 2.45) is 16.3 Å². The van der Waals surface area contributed by atoms with Gasteiger partial charge in [0.05, 0.1) is 5.41 Å². The van der Waals surface area contributed by atoms with Crippen LogP contribution in [0.15, 0.2) is 4.99 Å². The van der Waals surface area contributed by atoms with Crippen molar-refractivity contribution in [1.82, 2.24) is 16.0 Å². The molecule has 0 rings (SSSR count). The second kappa shape index (κ2) is 9.64. The largest absolute Gasteiger partial charge is 0.356 e. The van der Waals surface area contributed by atoms with Gasteiger partial charge in [-0.15, -0.1) is 0 Å². The van der Waals surface area contributed by atoms with Crippen LogP contribution in [0.2, 0.25) is 0 Å². The Labute approximate surface area is 130 Å². The molecule has 0 aliphatic carbocycles. The molecular weight excluding hydrogens is 264 g/mol. The standard InChI is InChI=1S/C16H34N4O/c1-8-18-14(21)16(5,6)11-19-15(17-7)20-13(4)10-9-12(2)3/h12-13H,8-11H2,1-7H3,(H,18,21)(H2,17,19,20). The Kier molecular flexibility index (Phi) is 9.06. The van der Waals surface area contributed by atoms with Crippen molar-refractivity contribution in [2.75, 3.05) is 20.1 Å². The highest BCUT2D eigenvalue weighted by Crippen LogP contribution is 2.13. The number of carbonyl (C=O) groups is 1. The van der Waals surface area contributed by atoms with Gasteiger partial charge >= 0.3 is 0 Å². The molecule has 0 bridgehead atoms. The van der Waals surface area contributed by atoms with Crippen LogP contribution in [-0.2, 0) is 4.79 Å². The molecule has 124 valence electrons. The Morgan fingerprint density at radius 1 is 1.14 bits per heavy atom. The fraction of sp³-hybridized carbons (Fsp3) is 0.875. The quantitative estimate of drug-likeness (QED) is 0.475. The highest BCUT2D eigenvalue weighted by atomic mass is 16.2. The first-order valence-electron chi connectivity index (χ1n) is 7.98. The second-order valence-corrected chi connectivity index (χ2v) is 6.69. The number of rotatable bonds is 8. The zero-order valence-electron chi connectivity index (χ0n) is 14.8. The van der Waals surface area contributed by atoms with E-state index >= 15 is 0 Å². The molecule has 0 spiro atoms. The minimum atomic E-state index is -0.463. The van der Waals surface area contributed by atoms with Gasteiger partial charge in [0.2, 0.25) is 5.91 Å². The average Bonchev–Trinajstić information content (AvgIpc) is 2.41. The average molecular weight is 298 g/mol. The summed E-state index contributed by atoms with van der Waals surface area (Å²) in [5, 5.41) is 9.48. The second-order valence-electron chi connectivity index (χ2n) is 6.69. The van der Waals surface area contributed by atoms with Crippen LogP contribution in [0.3, 0.4) is 0 Å². The molecule has 0 fully saturated rings. The number of aliphatic imine (C=N–C) groups is 1. The van der Waals surface area contributed by atoms with Crippen LogP contribution < -0.4 is 16.0 Å². The van der Waals surface area contributed by atoms with Gasteiger partial charge in [0, 0.05) is 26.2 Å². The summed E-state index contributed by atoms with van der Waals surface area (Å²) >= 11 is 0. The van der Waals surface area contributed by atoms with Gasteiger partial charge in [-0.2, -0.15) is 0 Å². The number of nitrogens with one attached hydrogen (secondary N) is 3. The lowest BCUT2D eigenvalue weighted by molar-refractivity contribution is -0.128. The molecule has 0 aromatic rings.